The van der Waals surface area contributed by atoms with E-state index in [2.05, 4.69) is 11.9 Å². The standard InChI is InChI=1S/C15H15N3O5/c1-2-7-16-13(19)4-3-8-17-14(20)11-6-5-10(18(22)23)9-12(11)15(17)21/h2,5-6,9H,1,3-4,7-8H2,(H,16,19). The summed E-state index contributed by atoms with van der Waals surface area (Å²) in [6, 6.07) is 3.58. The zero-order chi connectivity index (χ0) is 17.0. The number of hydrogen-bond acceptors (Lipinski definition) is 5. The molecule has 1 aliphatic rings. The Kier molecular flexibility index (Phi) is 4.85. The second-order valence-electron chi connectivity index (χ2n) is 4.95. The third kappa shape index (κ3) is 3.42. The minimum atomic E-state index is -0.620. The molecule has 0 radical (unpaired) electrons. The molecule has 3 amide bonds. The third-order valence-electron chi connectivity index (χ3n) is 3.39. The van der Waals surface area contributed by atoms with Gasteiger partial charge in [0.05, 0.1) is 16.1 Å². The number of nitrogens with zero attached hydrogens (tertiary/aromatic N) is 2. The Bertz CT molecular complexity index is 698. The Hall–Kier alpha value is -3.03. The molecule has 1 heterocycles. The molecule has 0 saturated heterocycles. The SMILES string of the molecule is C=CCNC(=O)CCCN1C(=O)c2ccc([N+](=O)[O-])cc2C1=O. The summed E-state index contributed by atoms with van der Waals surface area (Å²) in [5.74, 6) is -1.26. The van der Waals surface area contributed by atoms with Crippen LogP contribution in [0.2, 0.25) is 0 Å². The number of imide groups is 1. The van der Waals surface area contributed by atoms with Crippen molar-refractivity contribution in [3.63, 3.8) is 0 Å². The molecule has 0 saturated carbocycles. The van der Waals surface area contributed by atoms with Gasteiger partial charge in [0.1, 0.15) is 0 Å². The molecule has 1 aliphatic heterocycles. The van der Waals surface area contributed by atoms with Gasteiger partial charge in [0, 0.05) is 31.6 Å². The van der Waals surface area contributed by atoms with Crippen LogP contribution in [-0.2, 0) is 4.79 Å². The Morgan fingerprint density at radius 3 is 2.65 bits per heavy atom. The summed E-state index contributed by atoms with van der Waals surface area (Å²) < 4.78 is 0. The molecule has 120 valence electrons. The first-order valence-corrected chi connectivity index (χ1v) is 6.98. The van der Waals surface area contributed by atoms with Gasteiger partial charge in [0.25, 0.3) is 17.5 Å². The van der Waals surface area contributed by atoms with Gasteiger partial charge in [0.2, 0.25) is 5.91 Å². The lowest BCUT2D eigenvalue weighted by atomic mass is 10.1. The van der Waals surface area contributed by atoms with Gasteiger partial charge in [-0.25, -0.2) is 0 Å². The summed E-state index contributed by atoms with van der Waals surface area (Å²) >= 11 is 0. The van der Waals surface area contributed by atoms with Crippen molar-refractivity contribution in [1.29, 1.82) is 0 Å². The van der Waals surface area contributed by atoms with E-state index in [1.807, 2.05) is 0 Å². The van der Waals surface area contributed by atoms with E-state index in [1.165, 1.54) is 12.1 Å². The van der Waals surface area contributed by atoms with E-state index >= 15 is 0 Å². The topological polar surface area (TPSA) is 110 Å². The monoisotopic (exact) mass is 317 g/mol. The summed E-state index contributed by atoms with van der Waals surface area (Å²) in [7, 11) is 0. The number of benzene rings is 1. The third-order valence-corrected chi connectivity index (χ3v) is 3.39. The van der Waals surface area contributed by atoms with E-state index in [9.17, 15) is 24.5 Å². The van der Waals surface area contributed by atoms with Gasteiger partial charge in [-0.05, 0) is 12.5 Å². The van der Waals surface area contributed by atoms with E-state index in [0.717, 1.165) is 11.0 Å². The van der Waals surface area contributed by atoms with Gasteiger partial charge in [-0.3, -0.25) is 29.4 Å². The van der Waals surface area contributed by atoms with Crippen LogP contribution >= 0.6 is 0 Å². The number of nitro groups is 1. The van der Waals surface area contributed by atoms with Gasteiger partial charge >= 0.3 is 0 Å². The fourth-order valence-corrected chi connectivity index (χ4v) is 2.27. The van der Waals surface area contributed by atoms with Gasteiger partial charge in [-0.15, -0.1) is 6.58 Å². The molecular weight excluding hydrogens is 302 g/mol. The molecule has 0 spiro atoms. The second kappa shape index (κ2) is 6.82. The van der Waals surface area contributed by atoms with Crippen LogP contribution in [0.25, 0.3) is 0 Å². The smallest absolute Gasteiger partial charge is 0.270 e. The maximum Gasteiger partial charge on any atom is 0.270 e. The van der Waals surface area contributed by atoms with Gasteiger partial charge in [-0.1, -0.05) is 6.08 Å². The second-order valence-corrected chi connectivity index (χ2v) is 4.95. The maximum atomic E-state index is 12.2. The van der Waals surface area contributed by atoms with Gasteiger partial charge in [-0.2, -0.15) is 0 Å². The van der Waals surface area contributed by atoms with Crippen LogP contribution in [0.1, 0.15) is 33.6 Å². The molecule has 1 aromatic rings. The number of nitro benzene ring substituents is 1. The number of fused-ring (bicyclic) bond motifs is 1. The molecule has 8 heteroatoms. The van der Waals surface area contributed by atoms with Crippen molar-refractivity contribution in [3.05, 3.63) is 52.1 Å². The normalized spacial score (nSPS) is 13.0. The van der Waals surface area contributed by atoms with Gasteiger partial charge < -0.3 is 5.32 Å². The number of amides is 3. The molecule has 0 fully saturated rings. The van der Waals surface area contributed by atoms with Gasteiger partial charge in [0.15, 0.2) is 0 Å². The Morgan fingerprint density at radius 2 is 2.00 bits per heavy atom. The molecule has 0 aromatic heterocycles. The van der Waals surface area contributed by atoms with Crippen LogP contribution in [0, 0.1) is 10.1 Å². The lowest BCUT2D eigenvalue weighted by Gasteiger charge is -2.13. The van der Waals surface area contributed by atoms with Crippen molar-refractivity contribution in [2.24, 2.45) is 0 Å². The number of rotatable bonds is 7. The molecule has 0 bridgehead atoms. The predicted molar refractivity (Wildman–Crippen MR) is 80.9 cm³/mol. The van der Waals surface area contributed by atoms with Crippen molar-refractivity contribution in [2.45, 2.75) is 12.8 Å². The molecule has 0 aliphatic carbocycles. The fraction of sp³-hybridized carbons (Fsp3) is 0.267. The van der Waals surface area contributed by atoms with Crippen LogP contribution in [0.15, 0.2) is 30.9 Å². The zero-order valence-electron chi connectivity index (χ0n) is 12.3. The lowest BCUT2D eigenvalue weighted by molar-refractivity contribution is -0.384. The Labute approximate surface area is 131 Å². The zero-order valence-corrected chi connectivity index (χ0v) is 12.3. The average molecular weight is 317 g/mol. The summed E-state index contributed by atoms with van der Waals surface area (Å²) in [4.78, 5) is 46.9. The molecule has 1 aromatic carbocycles. The molecular formula is C15H15N3O5. The highest BCUT2D eigenvalue weighted by Crippen LogP contribution is 2.26. The summed E-state index contributed by atoms with van der Waals surface area (Å²) in [6.07, 6.45) is 2.03. The highest BCUT2D eigenvalue weighted by molar-refractivity contribution is 6.21. The van der Waals surface area contributed by atoms with Crippen molar-refractivity contribution in [2.75, 3.05) is 13.1 Å². The van der Waals surface area contributed by atoms with Crippen molar-refractivity contribution < 1.29 is 19.3 Å². The first-order chi connectivity index (χ1) is 11.0. The molecule has 2 rings (SSSR count). The van der Waals surface area contributed by atoms with Crippen LogP contribution in [-0.4, -0.2) is 40.6 Å². The highest BCUT2D eigenvalue weighted by atomic mass is 16.6. The molecule has 1 N–H and O–H groups in total. The van der Waals surface area contributed by atoms with E-state index in [1.54, 1.807) is 6.08 Å². The fourth-order valence-electron chi connectivity index (χ4n) is 2.27. The molecule has 8 nitrogen and oxygen atoms in total. The minimum absolute atomic E-state index is 0.0281. The Morgan fingerprint density at radius 1 is 1.30 bits per heavy atom. The molecule has 0 unspecified atom stereocenters. The van der Waals surface area contributed by atoms with E-state index < -0.39 is 16.7 Å². The van der Waals surface area contributed by atoms with Crippen LogP contribution < -0.4 is 5.32 Å². The maximum absolute atomic E-state index is 12.2. The lowest BCUT2D eigenvalue weighted by Crippen LogP contribution is -2.32. The first-order valence-electron chi connectivity index (χ1n) is 6.98. The van der Waals surface area contributed by atoms with Crippen LogP contribution in [0.5, 0.6) is 0 Å². The number of non-ortho nitro benzene ring substituents is 1. The molecule has 23 heavy (non-hydrogen) atoms. The molecule has 0 atom stereocenters. The Balaban J connectivity index is 2.01. The van der Waals surface area contributed by atoms with Crippen molar-refractivity contribution >= 4 is 23.4 Å². The van der Waals surface area contributed by atoms with Crippen molar-refractivity contribution in [3.8, 4) is 0 Å². The summed E-state index contributed by atoms with van der Waals surface area (Å²) in [5.41, 5.74) is -0.0624. The summed E-state index contributed by atoms with van der Waals surface area (Å²) in [5, 5.41) is 13.3. The van der Waals surface area contributed by atoms with Crippen LogP contribution in [0.4, 0.5) is 5.69 Å². The van der Waals surface area contributed by atoms with E-state index in [-0.39, 0.29) is 35.7 Å². The van der Waals surface area contributed by atoms with E-state index in [4.69, 9.17) is 0 Å². The number of carbonyl (C=O) groups is 3. The number of carbonyl (C=O) groups excluding carboxylic acids is 3. The first kappa shape index (κ1) is 16.3. The van der Waals surface area contributed by atoms with Crippen LogP contribution in [0.3, 0.4) is 0 Å². The number of hydrogen-bond donors (Lipinski definition) is 1. The summed E-state index contributed by atoms with van der Waals surface area (Å²) in [6.45, 7) is 3.92. The minimum Gasteiger partial charge on any atom is -0.353 e. The average Bonchev–Trinajstić information content (AvgIpc) is 2.77. The largest absolute Gasteiger partial charge is 0.353 e. The van der Waals surface area contributed by atoms with Crippen molar-refractivity contribution in [1.82, 2.24) is 10.2 Å². The van der Waals surface area contributed by atoms with E-state index in [0.29, 0.717) is 13.0 Å². The quantitative estimate of drug-likeness (QED) is 0.352. The highest BCUT2D eigenvalue weighted by Gasteiger charge is 2.36. The number of nitrogens with one attached hydrogen (secondary N) is 1. The predicted octanol–water partition coefficient (Wildman–Crippen LogP) is 1.27.